The Balaban J connectivity index is 1.51. The number of rotatable bonds is 20. The molecule has 0 bridgehead atoms. The van der Waals surface area contributed by atoms with Crippen LogP contribution in [0.2, 0.25) is 0 Å². The van der Waals surface area contributed by atoms with E-state index in [9.17, 15) is 56.4 Å². The second-order valence-electron chi connectivity index (χ2n) is 14.1. The van der Waals surface area contributed by atoms with Crippen LogP contribution in [0.5, 0.6) is 5.75 Å². The van der Waals surface area contributed by atoms with Crippen molar-refractivity contribution in [2.75, 3.05) is 6.61 Å². The van der Waals surface area contributed by atoms with Crippen molar-refractivity contribution >= 4 is 80.7 Å². The molecule has 0 aromatic heterocycles. The molecule has 2 amide bonds. The Hall–Kier alpha value is -1.59. The zero-order chi connectivity index (χ0) is 40.6. The van der Waals surface area contributed by atoms with Crippen molar-refractivity contribution in [1.82, 2.24) is 4.90 Å². The van der Waals surface area contributed by atoms with Crippen molar-refractivity contribution in [3.8, 4) is 5.75 Å². The Labute approximate surface area is 318 Å². The smallest absolute Gasteiger partial charge is 0.419 e. The molecule has 1 aliphatic heterocycles. The van der Waals surface area contributed by atoms with E-state index in [2.05, 4.69) is 0 Å². The molecule has 2 aliphatic rings. The van der Waals surface area contributed by atoms with Crippen molar-refractivity contribution in [1.29, 1.82) is 0 Å². The van der Waals surface area contributed by atoms with Crippen LogP contribution in [0.15, 0.2) is 23.1 Å². The van der Waals surface area contributed by atoms with Gasteiger partial charge in [-0.2, -0.15) is 8.42 Å². The lowest BCUT2D eigenvalue weighted by atomic mass is 10.1. The number of phosphoric ester groups is 1. The van der Waals surface area contributed by atoms with Gasteiger partial charge in [0.05, 0.1) is 45.3 Å². The third-order valence-corrected chi connectivity index (χ3v) is 16.9. The van der Waals surface area contributed by atoms with E-state index in [4.69, 9.17) is 22.5 Å². The summed E-state index contributed by atoms with van der Waals surface area (Å²) in [6.45, 7) is 12.0. The van der Waals surface area contributed by atoms with Gasteiger partial charge < -0.3 is 19.3 Å². The minimum Gasteiger partial charge on any atom is -0.419 e. The van der Waals surface area contributed by atoms with Crippen molar-refractivity contribution in [2.24, 2.45) is 5.92 Å². The molecule has 1 heterocycles. The van der Waals surface area contributed by atoms with Crippen LogP contribution in [-0.2, 0) is 51.4 Å². The van der Waals surface area contributed by atoms with Gasteiger partial charge in [-0.1, -0.05) is 17.7 Å². The zero-order valence-electron chi connectivity index (χ0n) is 29.9. The monoisotopic (exact) mass is 868 g/mol. The second-order valence-corrected chi connectivity index (χ2v) is 23.1. The number of nitro benzene ring substituents is 1. The minimum absolute atomic E-state index is 0.0151. The van der Waals surface area contributed by atoms with Gasteiger partial charge in [-0.3, -0.25) is 47.6 Å². The summed E-state index contributed by atoms with van der Waals surface area (Å²) in [4.78, 5) is 70.5. The number of likely N-dealkylation sites (tertiary alicyclic amines) is 1. The molecule has 25 heteroatoms. The standard InChI is InChI=1S/C28H42N2O17P2S4/c1-9-25(2,3)45-49(38,39)46-26(4,5)12-13-43-27(6,7)48(36,37)47-51-52-50-21-15-22(31)29(23(21)32)28(8)16-18(28)24(33)44-20-11-10-17(53(40,41)42)14-19(20)30(34)35/h10-11,14,18,21H,9,12-13,15-16H2,1-8H3,(H,36,37)(H,38,39)(H,40,41,42). The summed E-state index contributed by atoms with van der Waals surface area (Å²) in [7, 11) is -12.1. The Kier molecular flexibility index (Phi) is 14.2. The predicted molar refractivity (Wildman–Crippen MR) is 194 cm³/mol. The molecule has 1 saturated heterocycles. The summed E-state index contributed by atoms with van der Waals surface area (Å²) in [5, 5.41) is 8.76. The molecule has 3 rings (SSSR count). The van der Waals surface area contributed by atoms with E-state index in [1.54, 1.807) is 20.8 Å². The summed E-state index contributed by atoms with van der Waals surface area (Å²) >= 11 is 0.479. The molecule has 3 N–H and O–H groups in total. The maximum Gasteiger partial charge on any atom is 0.473 e. The van der Waals surface area contributed by atoms with Crippen LogP contribution in [0.1, 0.15) is 81.1 Å². The van der Waals surface area contributed by atoms with Gasteiger partial charge in [-0.25, -0.2) is 8.54 Å². The molecule has 2 fully saturated rings. The van der Waals surface area contributed by atoms with Gasteiger partial charge in [0.1, 0.15) is 10.1 Å². The number of imide groups is 1. The third kappa shape index (κ3) is 11.7. The number of carbonyl (C=O) groups excluding carboxylic acids is 3. The number of nitrogens with zero attached hydrogens (tertiary/aromatic N) is 2. The molecule has 5 atom stereocenters. The largest absolute Gasteiger partial charge is 0.473 e. The van der Waals surface area contributed by atoms with Crippen LogP contribution in [0.3, 0.4) is 0 Å². The van der Waals surface area contributed by atoms with Gasteiger partial charge in [-0.05, 0) is 79.9 Å². The van der Waals surface area contributed by atoms with E-state index in [0.717, 1.165) is 37.7 Å². The molecule has 1 aromatic rings. The number of carbonyl (C=O) groups is 3. The summed E-state index contributed by atoms with van der Waals surface area (Å²) in [5.74, 6) is -3.92. The maximum absolute atomic E-state index is 13.2. The fourth-order valence-electron chi connectivity index (χ4n) is 4.81. The number of esters is 1. The summed E-state index contributed by atoms with van der Waals surface area (Å²) in [6.07, 6.45) is 0.207. The van der Waals surface area contributed by atoms with Gasteiger partial charge in [0.25, 0.3) is 10.1 Å². The molecule has 53 heavy (non-hydrogen) atoms. The Morgan fingerprint density at radius 2 is 1.72 bits per heavy atom. The summed E-state index contributed by atoms with van der Waals surface area (Å²) in [6, 6.07) is 2.15. The van der Waals surface area contributed by atoms with E-state index in [0.29, 0.717) is 23.6 Å². The molecule has 19 nitrogen and oxygen atoms in total. The number of benzene rings is 1. The van der Waals surface area contributed by atoms with Crippen LogP contribution in [0, 0.1) is 16.0 Å². The number of amides is 2. The van der Waals surface area contributed by atoms with Gasteiger partial charge >= 0.3 is 27.1 Å². The van der Waals surface area contributed by atoms with E-state index < -0.39 is 97.8 Å². The average molecular weight is 869 g/mol. The molecular formula is C28H42N2O17P2S4. The normalized spacial score (nSPS) is 23.4. The van der Waals surface area contributed by atoms with Crippen molar-refractivity contribution in [3.63, 3.8) is 0 Å². The number of phosphoric acid groups is 1. The van der Waals surface area contributed by atoms with Gasteiger partial charge in [0, 0.05) is 22.3 Å². The van der Waals surface area contributed by atoms with Crippen LogP contribution >= 0.6 is 47.1 Å². The molecule has 300 valence electrons. The highest BCUT2D eigenvalue weighted by atomic mass is 33.5. The fraction of sp³-hybridized carbons (Fsp3) is 0.679. The molecule has 1 aliphatic carbocycles. The average Bonchev–Trinajstić information content (AvgIpc) is 3.59. The quantitative estimate of drug-likeness (QED) is 0.0129. The molecular weight excluding hydrogens is 827 g/mol. The number of ether oxygens (including phenoxy) is 2. The first-order valence-electron chi connectivity index (χ1n) is 15.7. The van der Waals surface area contributed by atoms with E-state index in [-0.39, 0.29) is 25.9 Å². The molecule has 5 unspecified atom stereocenters. The van der Waals surface area contributed by atoms with Crippen LogP contribution < -0.4 is 4.74 Å². The second kappa shape index (κ2) is 16.5. The van der Waals surface area contributed by atoms with Crippen LogP contribution in [0.4, 0.5) is 5.69 Å². The van der Waals surface area contributed by atoms with Gasteiger partial charge in [-0.15, -0.1) is 0 Å². The van der Waals surface area contributed by atoms with Crippen molar-refractivity contribution < 1.29 is 73.7 Å². The highest BCUT2D eigenvalue weighted by molar-refractivity contribution is 9.08. The van der Waals surface area contributed by atoms with Crippen molar-refractivity contribution in [2.45, 2.75) is 113 Å². The first-order chi connectivity index (χ1) is 24.0. The SMILES string of the molecule is CCC(C)(C)OP(=O)(O)OC(C)(C)CCOC(C)(C)P(=O)(O)OSSSC1CC(=O)N(C2(C)CC2C(=O)Oc2ccc(S(=O)(=O)O)cc2[N+](=O)[O-])C1=O. The number of hydrogen-bond donors (Lipinski definition) is 3. The topological polar surface area (TPSA) is 273 Å². The minimum atomic E-state index is -4.79. The Morgan fingerprint density at radius 3 is 2.28 bits per heavy atom. The zero-order valence-corrected chi connectivity index (χ0v) is 35.0. The predicted octanol–water partition coefficient (Wildman–Crippen LogP) is 6.04. The van der Waals surface area contributed by atoms with Gasteiger partial charge in [0.15, 0.2) is 5.34 Å². The third-order valence-electron chi connectivity index (χ3n) is 8.48. The highest BCUT2D eigenvalue weighted by Crippen LogP contribution is 2.62. The molecule has 1 saturated carbocycles. The van der Waals surface area contributed by atoms with Crippen molar-refractivity contribution in [3.05, 3.63) is 28.3 Å². The van der Waals surface area contributed by atoms with E-state index >= 15 is 0 Å². The summed E-state index contributed by atoms with van der Waals surface area (Å²) in [5.41, 5.74) is -4.35. The fourth-order valence-corrected chi connectivity index (χ4v) is 12.4. The Morgan fingerprint density at radius 1 is 1.11 bits per heavy atom. The number of hydrogen-bond acceptors (Lipinski definition) is 17. The van der Waals surface area contributed by atoms with E-state index in [1.165, 1.54) is 34.6 Å². The lowest BCUT2D eigenvalue weighted by molar-refractivity contribution is -0.385. The number of nitro groups is 1. The Bertz CT molecular complexity index is 1830. The first kappa shape index (κ1) is 45.8. The highest BCUT2D eigenvalue weighted by Gasteiger charge is 2.65. The molecule has 0 radical (unpaired) electrons. The molecule has 1 aromatic carbocycles. The first-order valence-corrected chi connectivity index (χ1v) is 23.7. The van der Waals surface area contributed by atoms with Crippen LogP contribution in [0.25, 0.3) is 0 Å². The molecule has 0 spiro atoms. The maximum atomic E-state index is 13.2. The lowest BCUT2D eigenvalue weighted by Crippen LogP contribution is -2.43. The van der Waals surface area contributed by atoms with Crippen LogP contribution in [-0.4, -0.2) is 84.3 Å². The lowest BCUT2D eigenvalue weighted by Gasteiger charge is -2.33. The van der Waals surface area contributed by atoms with E-state index in [1.807, 2.05) is 0 Å². The van der Waals surface area contributed by atoms with Gasteiger partial charge in [0.2, 0.25) is 17.6 Å². The summed E-state index contributed by atoms with van der Waals surface area (Å²) < 4.78 is 83.9.